The van der Waals surface area contributed by atoms with Gasteiger partial charge in [-0.15, -0.1) is 0 Å². The Morgan fingerprint density at radius 2 is 2.17 bits per heavy atom. The molecule has 4 nitrogen and oxygen atoms in total. The number of morpholine rings is 1. The van der Waals surface area contributed by atoms with Gasteiger partial charge in [-0.2, -0.15) is 0 Å². The van der Waals surface area contributed by atoms with Crippen molar-refractivity contribution in [2.75, 3.05) is 26.3 Å². The zero-order chi connectivity index (χ0) is 12.8. The molecule has 0 saturated carbocycles. The van der Waals surface area contributed by atoms with Gasteiger partial charge in [0.05, 0.1) is 13.2 Å². The summed E-state index contributed by atoms with van der Waals surface area (Å²) in [6.07, 6.45) is 3.58. The van der Waals surface area contributed by atoms with Crippen LogP contribution < -0.4 is 5.32 Å². The van der Waals surface area contributed by atoms with Crippen LogP contribution in [-0.4, -0.2) is 37.2 Å². The summed E-state index contributed by atoms with van der Waals surface area (Å²) in [5.74, 6) is 0. The van der Waals surface area contributed by atoms with Gasteiger partial charge in [0.1, 0.15) is 0 Å². The molecule has 0 bridgehead atoms. The van der Waals surface area contributed by atoms with Gasteiger partial charge < -0.3 is 15.0 Å². The van der Waals surface area contributed by atoms with E-state index in [0.29, 0.717) is 26.3 Å². The fourth-order valence-corrected chi connectivity index (χ4v) is 1.84. The van der Waals surface area contributed by atoms with Crippen molar-refractivity contribution in [3.05, 3.63) is 41.6 Å². The Morgan fingerprint density at radius 3 is 2.89 bits per heavy atom. The van der Waals surface area contributed by atoms with Crippen molar-refractivity contribution in [1.82, 2.24) is 10.2 Å². The quantitative estimate of drug-likeness (QED) is 0.867. The number of nitrogens with one attached hydrogen (secondary N) is 1. The second-order valence-electron chi connectivity index (χ2n) is 4.30. The van der Waals surface area contributed by atoms with E-state index in [-0.39, 0.29) is 6.03 Å². The number of aryl methyl sites for hydroxylation is 1. The van der Waals surface area contributed by atoms with E-state index in [1.54, 1.807) is 11.1 Å². The van der Waals surface area contributed by atoms with Crippen LogP contribution in [0, 0.1) is 6.92 Å². The van der Waals surface area contributed by atoms with Crippen LogP contribution in [0.4, 0.5) is 4.79 Å². The zero-order valence-corrected chi connectivity index (χ0v) is 10.6. The molecule has 1 heterocycles. The van der Waals surface area contributed by atoms with Gasteiger partial charge in [0.2, 0.25) is 0 Å². The van der Waals surface area contributed by atoms with Crippen molar-refractivity contribution in [3.63, 3.8) is 0 Å². The third-order valence-electron chi connectivity index (χ3n) is 2.82. The Balaban J connectivity index is 1.85. The largest absolute Gasteiger partial charge is 0.378 e. The van der Waals surface area contributed by atoms with Crippen molar-refractivity contribution in [2.24, 2.45) is 0 Å². The SMILES string of the molecule is Cc1cccc(/C=C/NC(=O)N2CCOCC2)c1. The summed E-state index contributed by atoms with van der Waals surface area (Å²) in [6.45, 7) is 4.60. The molecule has 4 heteroatoms. The van der Waals surface area contributed by atoms with E-state index < -0.39 is 0 Å². The summed E-state index contributed by atoms with van der Waals surface area (Å²) in [5, 5.41) is 2.77. The van der Waals surface area contributed by atoms with Crippen molar-refractivity contribution < 1.29 is 9.53 Å². The van der Waals surface area contributed by atoms with Crippen LogP contribution in [0.25, 0.3) is 6.08 Å². The predicted octanol–water partition coefficient (Wildman–Crippen LogP) is 2.01. The summed E-state index contributed by atoms with van der Waals surface area (Å²) in [4.78, 5) is 13.5. The Hall–Kier alpha value is -1.81. The Morgan fingerprint density at radius 1 is 1.39 bits per heavy atom. The lowest BCUT2D eigenvalue weighted by Crippen LogP contribution is -2.44. The first-order chi connectivity index (χ1) is 8.75. The molecule has 1 fully saturated rings. The lowest BCUT2D eigenvalue weighted by atomic mass is 10.1. The summed E-state index contributed by atoms with van der Waals surface area (Å²) < 4.78 is 5.20. The highest BCUT2D eigenvalue weighted by Gasteiger charge is 2.14. The number of ether oxygens (including phenoxy) is 1. The summed E-state index contributed by atoms with van der Waals surface area (Å²) in [5.41, 5.74) is 2.29. The van der Waals surface area contributed by atoms with Crippen LogP contribution in [0.3, 0.4) is 0 Å². The topological polar surface area (TPSA) is 41.6 Å². The molecule has 1 aliphatic heterocycles. The molecule has 0 atom stereocenters. The van der Waals surface area contributed by atoms with E-state index >= 15 is 0 Å². The van der Waals surface area contributed by atoms with Gasteiger partial charge in [-0.1, -0.05) is 29.8 Å². The number of amides is 2. The Labute approximate surface area is 107 Å². The lowest BCUT2D eigenvalue weighted by molar-refractivity contribution is 0.0540. The van der Waals surface area contributed by atoms with Crippen molar-refractivity contribution in [2.45, 2.75) is 6.92 Å². The average Bonchev–Trinajstić information content (AvgIpc) is 2.40. The first-order valence-corrected chi connectivity index (χ1v) is 6.12. The van der Waals surface area contributed by atoms with Gasteiger partial charge in [0.25, 0.3) is 0 Å². The molecule has 0 aromatic heterocycles. The number of benzene rings is 1. The summed E-state index contributed by atoms with van der Waals surface area (Å²) in [7, 11) is 0. The number of nitrogens with zero attached hydrogens (tertiary/aromatic N) is 1. The minimum absolute atomic E-state index is 0.0674. The molecule has 18 heavy (non-hydrogen) atoms. The maximum absolute atomic E-state index is 11.8. The van der Waals surface area contributed by atoms with Crippen LogP contribution in [-0.2, 0) is 4.74 Å². The van der Waals surface area contributed by atoms with Crippen molar-refractivity contribution >= 4 is 12.1 Å². The van der Waals surface area contributed by atoms with Gasteiger partial charge in [-0.25, -0.2) is 4.79 Å². The second-order valence-corrected chi connectivity index (χ2v) is 4.30. The number of carbonyl (C=O) groups excluding carboxylic acids is 1. The highest BCUT2D eigenvalue weighted by Crippen LogP contribution is 2.05. The molecular weight excluding hydrogens is 228 g/mol. The average molecular weight is 246 g/mol. The smallest absolute Gasteiger partial charge is 0.321 e. The molecule has 1 N–H and O–H groups in total. The fraction of sp³-hybridized carbons (Fsp3) is 0.357. The molecule has 0 unspecified atom stereocenters. The maximum Gasteiger partial charge on any atom is 0.321 e. The van der Waals surface area contributed by atoms with Gasteiger partial charge in [0.15, 0.2) is 0 Å². The van der Waals surface area contributed by atoms with E-state index in [4.69, 9.17) is 4.74 Å². The molecule has 96 valence electrons. The molecule has 1 aromatic carbocycles. The molecule has 1 aromatic rings. The molecule has 1 aliphatic rings. The third kappa shape index (κ3) is 3.60. The van der Waals surface area contributed by atoms with Crippen LogP contribution in [0.1, 0.15) is 11.1 Å². The number of hydrogen-bond acceptors (Lipinski definition) is 2. The fourth-order valence-electron chi connectivity index (χ4n) is 1.84. The van der Waals surface area contributed by atoms with Crippen molar-refractivity contribution in [3.8, 4) is 0 Å². The summed E-state index contributed by atoms with van der Waals surface area (Å²) in [6, 6.07) is 8.05. The highest BCUT2D eigenvalue weighted by atomic mass is 16.5. The van der Waals surface area contributed by atoms with Gasteiger partial charge >= 0.3 is 6.03 Å². The molecule has 2 rings (SSSR count). The number of urea groups is 1. The molecule has 0 spiro atoms. The first-order valence-electron chi connectivity index (χ1n) is 6.12. The van der Waals surface area contributed by atoms with E-state index in [9.17, 15) is 4.79 Å². The summed E-state index contributed by atoms with van der Waals surface area (Å²) >= 11 is 0. The highest BCUT2D eigenvalue weighted by molar-refractivity contribution is 5.76. The number of carbonyl (C=O) groups is 1. The van der Waals surface area contributed by atoms with Crippen LogP contribution >= 0.6 is 0 Å². The Kier molecular flexibility index (Phi) is 4.36. The second kappa shape index (κ2) is 6.21. The maximum atomic E-state index is 11.8. The van der Waals surface area contributed by atoms with Crippen molar-refractivity contribution in [1.29, 1.82) is 0 Å². The standard InChI is InChI=1S/C14H18N2O2/c1-12-3-2-4-13(11-12)5-6-15-14(17)16-7-9-18-10-8-16/h2-6,11H,7-10H2,1H3,(H,15,17)/b6-5+. The van der Waals surface area contributed by atoms with Crippen LogP contribution in [0.15, 0.2) is 30.5 Å². The van der Waals surface area contributed by atoms with Gasteiger partial charge in [-0.05, 0) is 18.6 Å². The minimum Gasteiger partial charge on any atom is -0.378 e. The van der Waals surface area contributed by atoms with E-state index in [1.165, 1.54) is 5.56 Å². The molecule has 0 radical (unpaired) electrons. The van der Waals surface area contributed by atoms with Crippen LogP contribution in [0.5, 0.6) is 0 Å². The van der Waals surface area contributed by atoms with E-state index in [0.717, 1.165) is 5.56 Å². The molecule has 0 aliphatic carbocycles. The predicted molar refractivity (Wildman–Crippen MR) is 71.1 cm³/mol. The third-order valence-corrected chi connectivity index (χ3v) is 2.82. The van der Waals surface area contributed by atoms with E-state index in [1.807, 2.05) is 31.2 Å². The molecular formula is C14H18N2O2. The normalized spacial score (nSPS) is 15.9. The lowest BCUT2D eigenvalue weighted by Gasteiger charge is -2.26. The zero-order valence-electron chi connectivity index (χ0n) is 10.6. The monoisotopic (exact) mass is 246 g/mol. The van der Waals surface area contributed by atoms with Crippen LogP contribution in [0.2, 0.25) is 0 Å². The van der Waals surface area contributed by atoms with E-state index in [2.05, 4.69) is 11.4 Å². The molecule has 2 amide bonds. The number of rotatable bonds is 2. The molecule has 1 saturated heterocycles. The number of hydrogen-bond donors (Lipinski definition) is 1. The Bertz CT molecular complexity index is 437. The first kappa shape index (κ1) is 12.6. The van der Waals surface area contributed by atoms with Gasteiger partial charge in [-0.3, -0.25) is 0 Å². The minimum atomic E-state index is -0.0674. The van der Waals surface area contributed by atoms with Gasteiger partial charge in [0, 0.05) is 19.3 Å².